The highest BCUT2D eigenvalue weighted by Gasteiger charge is 2.20. The van der Waals surface area contributed by atoms with Crippen LogP contribution in [-0.2, 0) is 13.6 Å². The van der Waals surface area contributed by atoms with E-state index in [1.165, 1.54) is 11.6 Å². The minimum atomic E-state index is -0.919. The highest BCUT2D eigenvalue weighted by atomic mass is 35.5. The molecule has 150 valence electrons. The van der Waals surface area contributed by atoms with E-state index in [2.05, 4.69) is 15.3 Å². The molecule has 3 aromatic rings. The summed E-state index contributed by atoms with van der Waals surface area (Å²) >= 11 is 5.84. The number of nitrogens with one attached hydrogen (secondary N) is 2. The Balaban J connectivity index is 1.89. The van der Waals surface area contributed by atoms with Gasteiger partial charge in [-0.1, -0.05) is 11.6 Å². The number of hydrogen-bond donors (Lipinski definition) is 3. The molecule has 0 aliphatic rings. The van der Waals surface area contributed by atoms with Crippen LogP contribution in [0.3, 0.4) is 0 Å². The molecule has 1 aromatic carbocycles. The number of imidazole rings is 1. The number of aromatic amines is 1. The van der Waals surface area contributed by atoms with Gasteiger partial charge in [0.15, 0.2) is 11.2 Å². The van der Waals surface area contributed by atoms with Gasteiger partial charge in [-0.3, -0.25) is 14.3 Å². The second kappa shape index (κ2) is 8.07. The highest BCUT2D eigenvalue weighted by Crippen LogP contribution is 2.18. The number of aromatic nitrogens is 4. The lowest BCUT2D eigenvalue weighted by atomic mass is 10.3. The smallest absolute Gasteiger partial charge is 0.329 e. The molecule has 0 aliphatic heterocycles. The van der Waals surface area contributed by atoms with Crippen LogP contribution < -0.4 is 21.3 Å². The number of rotatable bonds is 7. The number of benzene rings is 1. The van der Waals surface area contributed by atoms with Crippen molar-refractivity contribution in [3.05, 3.63) is 50.1 Å². The average Bonchev–Trinajstić information content (AvgIpc) is 2.97. The molecule has 3 N–H and O–H groups in total. The van der Waals surface area contributed by atoms with Gasteiger partial charge in [-0.05, 0) is 38.1 Å². The van der Waals surface area contributed by atoms with Gasteiger partial charge in [0.2, 0.25) is 5.95 Å². The van der Waals surface area contributed by atoms with Crippen molar-refractivity contribution in [2.45, 2.75) is 32.5 Å². The Hall–Kier alpha value is -2.78. The van der Waals surface area contributed by atoms with E-state index in [0.29, 0.717) is 16.7 Å². The van der Waals surface area contributed by atoms with Crippen LogP contribution >= 0.6 is 11.6 Å². The number of hydrogen-bond acceptors (Lipinski definition) is 6. The molecule has 2 aromatic heterocycles. The Bertz CT molecular complexity index is 1080. The summed E-state index contributed by atoms with van der Waals surface area (Å²) in [6.45, 7) is 3.91. The van der Waals surface area contributed by atoms with Crippen molar-refractivity contribution in [1.29, 1.82) is 0 Å². The number of aryl methyl sites for hydroxylation is 1. The average molecular weight is 408 g/mol. The minimum Gasteiger partial charge on any atom is -0.491 e. The lowest BCUT2D eigenvalue weighted by Gasteiger charge is -2.17. The Morgan fingerprint density at radius 1 is 1.29 bits per heavy atom. The minimum absolute atomic E-state index is 0.00604. The van der Waals surface area contributed by atoms with Gasteiger partial charge in [0, 0.05) is 18.1 Å². The molecule has 0 spiro atoms. The number of aliphatic hydroxyl groups is 1. The topological polar surface area (TPSA) is 114 Å². The van der Waals surface area contributed by atoms with E-state index in [1.54, 1.807) is 28.8 Å². The van der Waals surface area contributed by atoms with Crippen molar-refractivity contribution in [3.63, 3.8) is 0 Å². The molecule has 0 fully saturated rings. The van der Waals surface area contributed by atoms with E-state index in [-0.39, 0.29) is 30.4 Å². The summed E-state index contributed by atoms with van der Waals surface area (Å²) in [6, 6.07) is 6.82. The van der Waals surface area contributed by atoms with Gasteiger partial charge < -0.3 is 19.7 Å². The second-order valence-corrected chi connectivity index (χ2v) is 7.19. The van der Waals surface area contributed by atoms with Crippen molar-refractivity contribution in [1.82, 2.24) is 19.1 Å². The molecule has 9 nitrogen and oxygen atoms in total. The van der Waals surface area contributed by atoms with Crippen LogP contribution in [0.15, 0.2) is 33.9 Å². The molecule has 0 bridgehead atoms. The van der Waals surface area contributed by atoms with Crippen molar-refractivity contribution >= 4 is 28.7 Å². The summed E-state index contributed by atoms with van der Waals surface area (Å²) in [6.07, 6.45) is -0.919. The molecule has 10 heteroatoms. The largest absolute Gasteiger partial charge is 0.491 e. The zero-order valence-electron chi connectivity index (χ0n) is 15.8. The van der Waals surface area contributed by atoms with Crippen LogP contribution in [-0.4, -0.2) is 43.0 Å². The van der Waals surface area contributed by atoms with Gasteiger partial charge >= 0.3 is 5.69 Å². The number of ether oxygens (including phenoxy) is 1. The zero-order chi connectivity index (χ0) is 20.4. The van der Waals surface area contributed by atoms with Crippen molar-refractivity contribution in [2.24, 2.45) is 7.05 Å². The predicted octanol–water partition coefficient (Wildman–Crippen LogP) is 1.34. The fraction of sp³-hybridized carbons (Fsp3) is 0.389. The van der Waals surface area contributed by atoms with E-state index in [9.17, 15) is 14.7 Å². The third-order valence-electron chi connectivity index (χ3n) is 4.07. The molecule has 1 atom stereocenters. The number of fused-ring (bicyclic) bond motifs is 1. The maximum absolute atomic E-state index is 12.4. The van der Waals surface area contributed by atoms with Crippen molar-refractivity contribution in [3.8, 4) is 5.75 Å². The number of halogens is 1. The quantitative estimate of drug-likeness (QED) is 0.544. The van der Waals surface area contributed by atoms with Gasteiger partial charge in [0.1, 0.15) is 18.5 Å². The van der Waals surface area contributed by atoms with Crippen molar-refractivity contribution < 1.29 is 9.84 Å². The summed E-state index contributed by atoms with van der Waals surface area (Å²) in [5, 5.41) is 14.2. The summed E-state index contributed by atoms with van der Waals surface area (Å²) in [5.74, 6) is 0.960. The van der Waals surface area contributed by atoms with Gasteiger partial charge in [-0.2, -0.15) is 4.98 Å². The van der Waals surface area contributed by atoms with Crippen LogP contribution in [0.2, 0.25) is 5.02 Å². The first kappa shape index (κ1) is 20.0. The Morgan fingerprint density at radius 2 is 1.96 bits per heavy atom. The number of nitrogens with zero attached hydrogens (tertiary/aromatic N) is 3. The van der Waals surface area contributed by atoms with Crippen LogP contribution in [0.1, 0.15) is 13.8 Å². The molecule has 0 radical (unpaired) electrons. The first-order valence-electron chi connectivity index (χ1n) is 8.78. The summed E-state index contributed by atoms with van der Waals surface area (Å²) in [5.41, 5.74) is -0.670. The first-order chi connectivity index (χ1) is 13.3. The maximum atomic E-state index is 12.4. The van der Waals surface area contributed by atoms with E-state index in [4.69, 9.17) is 16.3 Å². The molecule has 0 aliphatic carbocycles. The van der Waals surface area contributed by atoms with E-state index in [1.807, 2.05) is 13.8 Å². The first-order valence-corrected chi connectivity index (χ1v) is 9.16. The van der Waals surface area contributed by atoms with Crippen LogP contribution in [0, 0.1) is 0 Å². The molecular formula is C18H22ClN5O4. The zero-order valence-corrected chi connectivity index (χ0v) is 16.5. The Morgan fingerprint density at radius 3 is 2.61 bits per heavy atom. The normalized spacial score (nSPS) is 12.5. The SMILES string of the molecule is CC(C)Nc1nc2c(c(=O)[nH]c(=O)n2C)n1C[C@H](O)COc1ccc(Cl)cc1. The Labute approximate surface area is 165 Å². The summed E-state index contributed by atoms with van der Waals surface area (Å²) in [4.78, 5) is 30.9. The van der Waals surface area contributed by atoms with E-state index < -0.39 is 17.4 Å². The summed E-state index contributed by atoms with van der Waals surface area (Å²) in [7, 11) is 1.52. The monoisotopic (exact) mass is 407 g/mol. The van der Waals surface area contributed by atoms with Crippen LogP contribution in [0.25, 0.3) is 11.2 Å². The highest BCUT2D eigenvalue weighted by molar-refractivity contribution is 6.30. The molecule has 0 saturated heterocycles. The fourth-order valence-electron chi connectivity index (χ4n) is 2.77. The predicted molar refractivity (Wildman–Crippen MR) is 107 cm³/mol. The molecule has 0 amide bonds. The number of anilines is 1. The molecule has 28 heavy (non-hydrogen) atoms. The van der Waals surface area contributed by atoms with Gasteiger partial charge in [0.25, 0.3) is 5.56 Å². The standard InChI is InChI=1S/C18H22ClN5O4/c1-10(2)20-17-21-15-14(16(26)22-18(27)23(15)3)24(17)8-12(25)9-28-13-6-4-11(19)5-7-13/h4-7,10,12,25H,8-9H2,1-3H3,(H,20,21)(H,22,26,27)/t12-/m0/s1. The molecular weight excluding hydrogens is 386 g/mol. The van der Waals surface area contributed by atoms with Crippen LogP contribution in [0.5, 0.6) is 5.75 Å². The third kappa shape index (κ3) is 4.20. The lowest BCUT2D eigenvalue weighted by Crippen LogP contribution is -2.31. The molecule has 0 saturated carbocycles. The number of H-pyrrole nitrogens is 1. The summed E-state index contributed by atoms with van der Waals surface area (Å²) < 4.78 is 8.39. The Kier molecular flexibility index (Phi) is 5.76. The lowest BCUT2D eigenvalue weighted by molar-refractivity contribution is 0.0938. The fourth-order valence-corrected chi connectivity index (χ4v) is 2.89. The van der Waals surface area contributed by atoms with E-state index in [0.717, 1.165) is 0 Å². The van der Waals surface area contributed by atoms with Crippen molar-refractivity contribution in [2.75, 3.05) is 11.9 Å². The molecule has 0 unspecified atom stereocenters. The molecule has 2 heterocycles. The maximum Gasteiger partial charge on any atom is 0.329 e. The van der Waals surface area contributed by atoms with Crippen LogP contribution in [0.4, 0.5) is 5.95 Å². The number of aliphatic hydroxyl groups excluding tert-OH is 1. The van der Waals surface area contributed by atoms with Gasteiger partial charge in [-0.25, -0.2) is 4.79 Å². The van der Waals surface area contributed by atoms with Gasteiger partial charge in [0.05, 0.1) is 6.54 Å². The second-order valence-electron chi connectivity index (χ2n) is 6.75. The third-order valence-corrected chi connectivity index (χ3v) is 4.33. The molecule has 3 rings (SSSR count). The van der Waals surface area contributed by atoms with Gasteiger partial charge in [-0.15, -0.1) is 0 Å². The van der Waals surface area contributed by atoms with E-state index >= 15 is 0 Å².